The van der Waals surface area contributed by atoms with E-state index in [0.29, 0.717) is 18.8 Å². The van der Waals surface area contributed by atoms with Crippen molar-refractivity contribution in [1.29, 1.82) is 0 Å². The van der Waals surface area contributed by atoms with Crippen LogP contribution in [-0.4, -0.2) is 54.4 Å². The van der Waals surface area contributed by atoms with E-state index in [1.807, 2.05) is 0 Å². The highest BCUT2D eigenvalue weighted by Gasteiger charge is 2.17. The maximum atomic E-state index is 11.7. The first-order valence-corrected chi connectivity index (χ1v) is 6.36. The standard InChI is InChI=1S/C10H14N4O2S/c15-9(14-3-1-11-2-4-14)5-12-10(16)8-6-17-7-13-8/h6-7,11H,1-5H2,(H,12,16). The zero-order chi connectivity index (χ0) is 12.1. The first-order chi connectivity index (χ1) is 8.27. The van der Waals surface area contributed by atoms with Crippen LogP contribution in [0.5, 0.6) is 0 Å². The van der Waals surface area contributed by atoms with E-state index in [9.17, 15) is 9.59 Å². The lowest BCUT2D eigenvalue weighted by atomic mass is 10.3. The van der Waals surface area contributed by atoms with Gasteiger partial charge in [0.25, 0.3) is 5.91 Å². The zero-order valence-corrected chi connectivity index (χ0v) is 10.1. The molecule has 2 N–H and O–H groups in total. The van der Waals surface area contributed by atoms with Gasteiger partial charge in [0.05, 0.1) is 12.1 Å². The van der Waals surface area contributed by atoms with Gasteiger partial charge in [0.15, 0.2) is 0 Å². The molecule has 1 aromatic heterocycles. The number of hydrogen-bond donors (Lipinski definition) is 2. The van der Waals surface area contributed by atoms with Crippen LogP contribution in [0, 0.1) is 0 Å². The van der Waals surface area contributed by atoms with Gasteiger partial charge < -0.3 is 15.5 Å². The van der Waals surface area contributed by atoms with E-state index < -0.39 is 0 Å². The molecule has 0 atom stereocenters. The number of rotatable bonds is 3. The molecule has 1 saturated heterocycles. The van der Waals surface area contributed by atoms with Crippen LogP contribution in [0.4, 0.5) is 0 Å². The zero-order valence-electron chi connectivity index (χ0n) is 9.31. The van der Waals surface area contributed by atoms with Gasteiger partial charge in [0.1, 0.15) is 5.69 Å². The van der Waals surface area contributed by atoms with Gasteiger partial charge >= 0.3 is 0 Å². The van der Waals surface area contributed by atoms with Gasteiger partial charge in [0, 0.05) is 31.6 Å². The smallest absolute Gasteiger partial charge is 0.271 e. The normalized spacial score (nSPS) is 15.6. The van der Waals surface area contributed by atoms with Crippen molar-refractivity contribution in [3.05, 3.63) is 16.6 Å². The number of carbonyl (C=O) groups is 2. The van der Waals surface area contributed by atoms with Crippen LogP contribution in [-0.2, 0) is 4.79 Å². The molecule has 0 bridgehead atoms. The monoisotopic (exact) mass is 254 g/mol. The summed E-state index contributed by atoms with van der Waals surface area (Å²) >= 11 is 1.35. The van der Waals surface area contributed by atoms with Crippen LogP contribution in [0.2, 0.25) is 0 Å². The Bertz CT molecular complexity index is 387. The third kappa shape index (κ3) is 3.24. The van der Waals surface area contributed by atoms with Gasteiger partial charge in [-0.15, -0.1) is 11.3 Å². The first kappa shape index (κ1) is 12.0. The predicted molar refractivity (Wildman–Crippen MR) is 63.9 cm³/mol. The molecule has 2 amide bonds. The quantitative estimate of drug-likeness (QED) is 0.748. The van der Waals surface area contributed by atoms with Crippen molar-refractivity contribution in [3.63, 3.8) is 0 Å². The van der Waals surface area contributed by atoms with Crippen LogP contribution in [0.1, 0.15) is 10.5 Å². The molecule has 0 aromatic carbocycles. The summed E-state index contributed by atoms with van der Waals surface area (Å²) in [5.74, 6) is -0.343. The number of nitrogens with zero attached hydrogens (tertiary/aromatic N) is 2. The van der Waals surface area contributed by atoms with Crippen molar-refractivity contribution in [3.8, 4) is 0 Å². The summed E-state index contributed by atoms with van der Waals surface area (Å²) in [7, 11) is 0. The second kappa shape index (κ2) is 5.74. The Morgan fingerprint density at radius 1 is 1.47 bits per heavy atom. The fourth-order valence-corrected chi connectivity index (χ4v) is 2.13. The highest BCUT2D eigenvalue weighted by Crippen LogP contribution is 2.00. The topological polar surface area (TPSA) is 74.3 Å². The number of amides is 2. The fourth-order valence-electron chi connectivity index (χ4n) is 1.60. The highest BCUT2D eigenvalue weighted by atomic mass is 32.1. The summed E-state index contributed by atoms with van der Waals surface area (Å²) in [5, 5.41) is 7.40. The number of carbonyl (C=O) groups excluding carboxylic acids is 2. The first-order valence-electron chi connectivity index (χ1n) is 5.42. The maximum absolute atomic E-state index is 11.7. The molecule has 1 fully saturated rings. The second-order valence-electron chi connectivity index (χ2n) is 3.69. The minimum Gasteiger partial charge on any atom is -0.342 e. The third-order valence-corrected chi connectivity index (χ3v) is 3.12. The maximum Gasteiger partial charge on any atom is 0.271 e. The fraction of sp³-hybridized carbons (Fsp3) is 0.500. The summed E-state index contributed by atoms with van der Waals surface area (Å²) in [6.45, 7) is 3.06. The summed E-state index contributed by atoms with van der Waals surface area (Å²) in [4.78, 5) is 28.9. The molecule has 2 rings (SSSR count). The summed E-state index contributed by atoms with van der Waals surface area (Å²) in [6.07, 6.45) is 0. The van der Waals surface area contributed by atoms with Crippen LogP contribution in [0.3, 0.4) is 0 Å². The Labute approximate surface area is 103 Å². The van der Waals surface area contributed by atoms with Crippen LogP contribution in [0.25, 0.3) is 0 Å². The number of aromatic nitrogens is 1. The second-order valence-corrected chi connectivity index (χ2v) is 4.41. The molecule has 92 valence electrons. The number of nitrogens with one attached hydrogen (secondary N) is 2. The van der Waals surface area contributed by atoms with Gasteiger partial charge in [-0.1, -0.05) is 0 Å². The molecule has 0 saturated carbocycles. The van der Waals surface area contributed by atoms with Crippen LogP contribution < -0.4 is 10.6 Å². The molecule has 1 aromatic rings. The van der Waals surface area contributed by atoms with Crippen molar-refractivity contribution in [2.45, 2.75) is 0 Å². The SMILES string of the molecule is O=C(NCC(=O)N1CCNCC1)c1cscn1. The van der Waals surface area contributed by atoms with Gasteiger partial charge in [-0.2, -0.15) is 0 Å². The lowest BCUT2D eigenvalue weighted by molar-refractivity contribution is -0.130. The van der Waals surface area contributed by atoms with E-state index in [1.165, 1.54) is 11.3 Å². The van der Waals surface area contributed by atoms with Crippen molar-refractivity contribution < 1.29 is 9.59 Å². The van der Waals surface area contributed by atoms with Crippen LogP contribution >= 0.6 is 11.3 Å². The van der Waals surface area contributed by atoms with Gasteiger partial charge in [0.2, 0.25) is 5.91 Å². The minimum atomic E-state index is -0.297. The third-order valence-electron chi connectivity index (χ3n) is 2.53. The summed E-state index contributed by atoms with van der Waals surface area (Å²) < 4.78 is 0. The molecule has 1 aliphatic rings. The number of piperazine rings is 1. The molecule has 0 radical (unpaired) electrons. The Kier molecular flexibility index (Phi) is 4.05. The van der Waals surface area contributed by atoms with Crippen molar-refractivity contribution in [2.24, 2.45) is 0 Å². The van der Waals surface area contributed by atoms with Gasteiger partial charge in [-0.3, -0.25) is 9.59 Å². The summed E-state index contributed by atoms with van der Waals surface area (Å²) in [6, 6.07) is 0. The van der Waals surface area contributed by atoms with E-state index in [0.717, 1.165) is 13.1 Å². The Hall–Kier alpha value is -1.47. The number of hydrogen-bond acceptors (Lipinski definition) is 5. The lowest BCUT2D eigenvalue weighted by Crippen LogP contribution is -2.49. The molecule has 0 aliphatic carbocycles. The van der Waals surface area contributed by atoms with E-state index in [1.54, 1.807) is 15.8 Å². The van der Waals surface area contributed by atoms with Gasteiger partial charge in [-0.25, -0.2) is 4.98 Å². The van der Waals surface area contributed by atoms with Crippen molar-refractivity contribution in [2.75, 3.05) is 32.7 Å². The summed E-state index contributed by atoms with van der Waals surface area (Å²) in [5.41, 5.74) is 1.95. The van der Waals surface area contributed by atoms with E-state index in [2.05, 4.69) is 15.6 Å². The van der Waals surface area contributed by atoms with E-state index >= 15 is 0 Å². The van der Waals surface area contributed by atoms with E-state index in [4.69, 9.17) is 0 Å². The average molecular weight is 254 g/mol. The lowest BCUT2D eigenvalue weighted by Gasteiger charge is -2.27. The minimum absolute atomic E-state index is 0.0381. The molecular weight excluding hydrogens is 240 g/mol. The molecule has 0 spiro atoms. The van der Waals surface area contributed by atoms with Crippen molar-refractivity contribution >= 4 is 23.2 Å². The molecule has 2 heterocycles. The Morgan fingerprint density at radius 3 is 2.88 bits per heavy atom. The molecule has 0 unspecified atom stereocenters. The van der Waals surface area contributed by atoms with E-state index in [-0.39, 0.29) is 18.4 Å². The largest absolute Gasteiger partial charge is 0.342 e. The molecular formula is C10H14N4O2S. The average Bonchev–Trinajstić information content (AvgIpc) is 2.90. The Balaban J connectivity index is 1.77. The predicted octanol–water partition coefficient (Wildman–Crippen LogP) is -0.695. The molecule has 7 heteroatoms. The number of thiazole rings is 1. The molecule has 6 nitrogen and oxygen atoms in total. The Morgan fingerprint density at radius 2 is 2.24 bits per heavy atom. The molecule has 17 heavy (non-hydrogen) atoms. The van der Waals surface area contributed by atoms with Crippen LogP contribution in [0.15, 0.2) is 10.9 Å². The van der Waals surface area contributed by atoms with Crippen molar-refractivity contribution in [1.82, 2.24) is 20.5 Å². The van der Waals surface area contributed by atoms with Gasteiger partial charge in [-0.05, 0) is 0 Å². The molecule has 1 aliphatic heterocycles. The highest BCUT2D eigenvalue weighted by molar-refractivity contribution is 7.07.